The van der Waals surface area contributed by atoms with Gasteiger partial charge in [0.25, 0.3) is 0 Å². The molecule has 22 heavy (non-hydrogen) atoms. The predicted octanol–water partition coefficient (Wildman–Crippen LogP) is 0.477. The van der Waals surface area contributed by atoms with Gasteiger partial charge in [0.05, 0.1) is 4.90 Å². The molecular weight excluding hydrogens is 302 g/mol. The van der Waals surface area contributed by atoms with Gasteiger partial charge >= 0.3 is 0 Å². The van der Waals surface area contributed by atoms with Crippen molar-refractivity contribution in [3.63, 3.8) is 0 Å². The highest BCUT2D eigenvalue weighted by Gasteiger charge is 2.20. The zero-order chi connectivity index (χ0) is 16.2. The molecule has 1 saturated heterocycles. The zero-order valence-corrected chi connectivity index (χ0v) is 13.6. The fourth-order valence-corrected chi connectivity index (χ4v) is 3.33. The molecule has 122 valence electrons. The summed E-state index contributed by atoms with van der Waals surface area (Å²) in [6.07, 6.45) is 2.96. The molecule has 6 nitrogen and oxygen atoms in total. The molecule has 1 aromatic rings. The van der Waals surface area contributed by atoms with Crippen molar-refractivity contribution in [1.29, 1.82) is 0 Å². The molecule has 7 heteroatoms. The molecule has 3 N–H and O–H groups in total. The second kappa shape index (κ2) is 7.21. The Kier molecular flexibility index (Phi) is 5.55. The summed E-state index contributed by atoms with van der Waals surface area (Å²) in [4.78, 5) is 14.2. The van der Waals surface area contributed by atoms with E-state index in [1.807, 2.05) is 4.90 Å². The van der Waals surface area contributed by atoms with E-state index in [4.69, 9.17) is 5.73 Å². The summed E-state index contributed by atoms with van der Waals surface area (Å²) >= 11 is 0. The quantitative estimate of drug-likeness (QED) is 0.823. The van der Waals surface area contributed by atoms with Crippen molar-refractivity contribution >= 4 is 15.9 Å². The number of carbonyl (C=O) groups excluding carboxylic acids is 1. The number of sulfonamides is 1. The summed E-state index contributed by atoms with van der Waals surface area (Å²) in [5.41, 5.74) is 6.83. The number of hydrogen-bond donors (Lipinski definition) is 2. The zero-order valence-electron chi connectivity index (χ0n) is 12.8. The fourth-order valence-electron chi connectivity index (χ4n) is 2.60. The van der Waals surface area contributed by atoms with E-state index in [-0.39, 0.29) is 16.8 Å². The number of nitrogens with two attached hydrogens (primary N) is 1. The summed E-state index contributed by atoms with van der Waals surface area (Å²) in [6.45, 7) is 1.42. The number of amides is 1. The van der Waals surface area contributed by atoms with Crippen LogP contribution in [-0.4, -0.2) is 45.4 Å². The van der Waals surface area contributed by atoms with Gasteiger partial charge in [-0.05, 0) is 44.0 Å². The van der Waals surface area contributed by atoms with E-state index >= 15 is 0 Å². The molecule has 1 aliphatic heterocycles. The van der Waals surface area contributed by atoms with Gasteiger partial charge in [-0.25, -0.2) is 13.1 Å². The number of benzene rings is 1. The maximum atomic E-state index is 12.2. The average Bonchev–Trinajstić information content (AvgIpc) is 2.53. The van der Waals surface area contributed by atoms with E-state index in [0.29, 0.717) is 19.4 Å². The Labute approximate surface area is 131 Å². The van der Waals surface area contributed by atoms with Gasteiger partial charge in [0.15, 0.2) is 0 Å². The van der Waals surface area contributed by atoms with Crippen LogP contribution < -0.4 is 10.5 Å². The summed E-state index contributed by atoms with van der Waals surface area (Å²) in [6, 6.07) is 6.70. The van der Waals surface area contributed by atoms with Gasteiger partial charge in [0.1, 0.15) is 0 Å². The van der Waals surface area contributed by atoms with Crippen LogP contribution in [0.5, 0.6) is 0 Å². The number of piperidine rings is 1. The van der Waals surface area contributed by atoms with E-state index < -0.39 is 10.0 Å². The van der Waals surface area contributed by atoms with Crippen LogP contribution in [-0.2, 0) is 21.2 Å². The highest BCUT2D eigenvalue weighted by Crippen LogP contribution is 2.14. The first-order valence-electron chi connectivity index (χ1n) is 7.48. The standard InChI is InChI=1S/C15H23N3O3S/c1-17-22(20,21)14-7-4-12(5-8-14)6-9-15(19)18-10-2-3-13(16)11-18/h4-5,7-8,13,17H,2-3,6,9-11,16H2,1H3/t13-/m0/s1. The van der Waals surface area contributed by atoms with Crippen molar-refractivity contribution in [1.82, 2.24) is 9.62 Å². The van der Waals surface area contributed by atoms with E-state index in [1.165, 1.54) is 7.05 Å². The van der Waals surface area contributed by atoms with E-state index in [9.17, 15) is 13.2 Å². The summed E-state index contributed by atoms with van der Waals surface area (Å²) in [5, 5.41) is 0. The first kappa shape index (κ1) is 16.9. The molecule has 0 radical (unpaired) electrons. The second-order valence-corrected chi connectivity index (χ2v) is 7.48. The lowest BCUT2D eigenvalue weighted by Gasteiger charge is -2.30. The number of nitrogens with one attached hydrogen (secondary N) is 1. The number of likely N-dealkylation sites (tertiary alicyclic amines) is 1. The van der Waals surface area contributed by atoms with Crippen LogP contribution in [0.4, 0.5) is 0 Å². The van der Waals surface area contributed by atoms with Gasteiger partial charge < -0.3 is 10.6 Å². The molecule has 1 heterocycles. The van der Waals surface area contributed by atoms with Crippen molar-refractivity contribution < 1.29 is 13.2 Å². The summed E-state index contributed by atoms with van der Waals surface area (Å²) < 4.78 is 25.5. The van der Waals surface area contributed by atoms with Gasteiger partial charge in [-0.15, -0.1) is 0 Å². The number of carbonyl (C=O) groups is 1. The largest absolute Gasteiger partial charge is 0.341 e. The van der Waals surface area contributed by atoms with Crippen molar-refractivity contribution in [2.24, 2.45) is 5.73 Å². The van der Waals surface area contributed by atoms with Crippen molar-refractivity contribution in [3.05, 3.63) is 29.8 Å². The molecule has 1 aliphatic rings. The predicted molar refractivity (Wildman–Crippen MR) is 84.8 cm³/mol. The van der Waals surface area contributed by atoms with Crippen LogP contribution in [0.3, 0.4) is 0 Å². The van der Waals surface area contributed by atoms with Gasteiger partial charge in [0, 0.05) is 25.6 Å². The molecule has 1 fully saturated rings. The van der Waals surface area contributed by atoms with Gasteiger partial charge in [0.2, 0.25) is 15.9 Å². The van der Waals surface area contributed by atoms with Crippen LogP contribution >= 0.6 is 0 Å². The molecule has 1 aromatic carbocycles. The molecule has 0 aliphatic carbocycles. The van der Waals surface area contributed by atoms with E-state index in [0.717, 1.165) is 24.9 Å². The van der Waals surface area contributed by atoms with Gasteiger partial charge in [-0.1, -0.05) is 12.1 Å². The highest BCUT2D eigenvalue weighted by molar-refractivity contribution is 7.89. The van der Waals surface area contributed by atoms with Crippen LogP contribution in [0.1, 0.15) is 24.8 Å². The Hall–Kier alpha value is -1.44. The van der Waals surface area contributed by atoms with Gasteiger partial charge in [-0.2, -0.15) is 0 Å². The van der Waals surface area contributed by atoms with Crippen molar-refractivity contribution in [2.75, 3.05) is 20.1 Å². The fraction of sp³-hybridized carbons (Fsp3) is 0.533. The summed E-state index contributed by atoms with van der Waals surface area (Å²) in [5.74, 6) is 0.113. The Morgan fingerprint density at radius 2 is 2.05 bits per heavy atom. The topological polar surface area (TPSA) is 92.5 Å². The van der Waals surface area contributed by atoms with Crippen molar-refractivity contribution in [2.45, 2.75) is 36.6 Å². The molecular formula is C15H23N3O3S. The monoisotopic (exact) mass is 325 g/mol. The molecule has 2 rings (SSSR count). The van der Waals surface area contributed by atoms with Crippen LogP contribution in [0.25, 0.3) is 0 Å². The SMILES string of the molecule is CNS(=O)(=O)c1ccc(CCC(=O)N2CCC[C@H](N)C2)cc1. The number of rotatable bonds is 5. The van der Waals surface area contributed by atoms with E-state index in [1.54, 1.807) is 24.3 Å². The minimum absolute atomic E-state index is 0.0868. The lowest BCUT2D eigenvalue weighted by Crippen LogP contribution is -2.45. The lowest BCUT2D eigenvalue weighted by atomic mass is 10.0. The minimum atomic E-state index is -3.41. The molecule has 0 saturated carbocycles. The first-order valence-corrected chi connectivity index (χ1v) is 8.96. The Bertz CT molecular complexity index is 613. The number of aryl methyl sites for hydroxylation is 1. The van der Waals surface area contributed by atoms with Crippen LogP contribution in [0.2, 0.25) is 0 Å². The highest BCUT2D eigenvalue weighted by atomic mass is 32.2. The average molecular weight is 325 g/mol. The van der Waals surface area contributed by atoms with E-state index in [2.05, 4.69) is 4.72 Å². The molecule has 1 amide bonds. The Balaban J connectivity index is 1.90. The smallest absolute Gasteiger partial charge is 0.240 e. The van der Waals surface area contributed by atoms with Gasteiger partial charge in [-0.3, -0.25) is 4.79 Å². The Morgan fingerprint density at radius 3 is 2.64 bits per heavy atom. The lowest BCUT2D eigenvalue weighted by molar-refractivity contribution is -0.132. The minimum Gasteiger partial charge on any atom is -0.341 e. The number of nitrogens with zero attached hydrogens (tertiary/aromatic N) is 1. The van der Waals surface area contributed by atoms with Crippen LogP contribution in [0.15, 0.2) is 29.2 Å². The third-order valence-electron chi connectivity index (χ3n) is 3.94. The normalized spacial score (nSPS) is 19.2. The molecule has 1 atom stereocenters. The molecule has 0 bridgehead atoms. The third-order valence-corrected chi connectivity index (χ3v) is 5.37. The second-order valence-electron chi connectivity index (χ2n) is 5.59. The number of hydrogen-bond acceptors (Lipinski definition) is 4. The van der Waals surface area contributed by atoms with Crippen LogP contribution in [0, 0.1) is 0 Å². The maximum Gasteiger partial charge on any atom is 0.240 e. The molecule has 0 unspecified atom stereocenters. The maximum absolute atomic E-state index is 12.2. The Morgan fingerprint density at radius 1 is 1.36 bits per heavy atom. The summed E-state index contributed by atoms with van der Waals surface area (Å²) in [7, 11) is -2.03. The molecule has 0 spiro atoms. The first-order chi connectivity index (χ1) is 10.4. The molecule has 0 aromatic heterocycles. The third kappa shape index (κ3) is 4.28. The van der Waals surface area contributed by atoms with Crippen molar-refractivity contribution in [3.8, 4) is 0 Å².